The summed E-state index contributed by atoms with van der Waals surface area (Å²) < 4.78 is 11.3. The van der Waals surface area contributed by atoms with Gasteiger partial charge in [0.15, 0.2) is 11.5 Å². The van der Waals surface area contributed by atoms with E-state index in [9.17, 15) is 4.79 Å². The van der Waals surface area contributed by atoms with Gasteiger partial charge in [0.05, 0.1) is 13.7 Å². The third kappa shape index (κ3) is 5.16. The molecule has 0 N–H and O–H groups in total. The molecule has 0 unspecified atom stereocenters. The first-order chi connectivity index (χ1) is 13.1. The van der Waals surface area contributed by atoms with Gasteiger partial charge in [0.25, 0.3) is 5.91 Å². The highest BCUT2D eigenvalue weighted by Gasteiger charge is 2.28. The first-order valence-electron chi connectivity index (χ1n) is 10.4. The van der Waals surface area contributed by atoms with Gasteiger partial charge in [-0.15, -0.1) is 0 Å². The van der Waals surface area contributed by atoms with Crippen molar-refractivity contribution >= 4 is 5.91 Å². The van der Waals surface area contributed by atoms with Crippen LogP contribution in [0.4, 0.5) is 0 Å². The standard InChI is InChI=1S/C22H34N2O3/c1-17(2)10-15-27-20-9-8-18(16-21(20)26-3)22(25)24-13-11-23(12-14-24)19-6-4-5-7-19/h8-9,16-17,19H,4-7,10-15H2,1-3H3. The number of piperazine rings is 1. The van der Waals surface area contributed by atoms with Crippen LogP contribution in [-0.4, -0.2) is 61.6 Å². The molecule has 0 spiro atoms. The summed E-state index contributed by atoms with van der Waals surface area (Å²) in [5.41, 5.74) is 0.678. The Morgan fingerprint density at radius 1 is 1.11 bits per heavy atom. The molecule has 3 rings (SSSR count). The molecule has 1 saturated carbocycles. The second-order valence-electron chi connectivity index (χ2n) is 8.16. The zero-order valence-electron chi connectivity index (χ0n) is 17.1. The minimum Gasteiger partial charge on any atom is -0.493 e. The molecule has 1 heterocycles. The highest BCUT2D eigenvalue weighted by molar-refractivity contribution is 5.95. The molecule has 0 aromatic heterocycles. The summed E-state index contributed by atoms with van der Waals surface area (Å²) in [6, 6.07) is 6.28. The third-order valence-corrected chi connectivity index (χ3v) is 5.81. The van der Waals surface area contributed by atoms with E-state index >= 15 is 0 Å². The van der Waals surface area contributed by atoms with Crippen molar-refractivity contribution in [2.24, 2.45) is 5.92 Å². The van der Waals surface area contributed by atoms with Crippen LogP contribution in [0.5, 0.6) is 11.5 Å². The predicted molar refractivity (Wildman–Crippen MR) is 108 cm³/mol. The first-order valence-corrected chi connectivity index (χ1v) is 10.4. The minimum atomic E-state index is 0.0908. The van der Waals surface area contributed by atoms with Gasteiger partial charge in [-0.2, -0.15) is 0 Å². The van der Waals surface area contributed by atoms with Gasteiger partial charge in [-0.25, -0.2) is 0 Å². The lowest BCUT2D eigenvalue weighted by molar-refractivity contribution is 0.0573. The molecule has 5 heteroatoms. The molecule has 1 amide bonds. The zero-order chi connectivity index (χ0) is 19.2. The van der Waals surface area contributed by atoms with E-state index in [4.69, 9.17) is 9.47 Å². The van der Waals surface area contributed by atoms with Crippen molar-refractivity contribution in [3.63, 3.8) is 0 Å². The molecule has 0 radical (unpaired) electrons. The van der Waals surface area contributed by atoms with E-state index in [2.05, 4.69) is 18.7 Å². The molecule has 1 aliphatic heterocycles. The van der Waals surface area contributed by atoms with E-state index < -0.39 is 0 Å². The lowest BCUT2D eigenvalue weighted by atomic mass is 10.1. The SMILES string of the molecule is COc1cc(C(=O)N2CCN(C3CCCC3)CC2)ccc1OCCC(C)C. The van der Waals surface area contributed by atoms with Crippen LogP contribution in [0.25, 0.3) is 0 Å². The fraction of sp³-hybridized carbons (Fsp3) is 0.682. The largest absolute Gasteiger partial charge is 0.493 e. The number of carbonyl (C=O) groups excluding carboxylic acids is 1. The molecule has 27 heavy (non-hydrogen) atoms. The molecule has 0 bridgehead atoms. The first kappa shape index (κ1) is 20.0. The van der Waals surface area contributed by atoms with Gasteiger partial charge in [0, 0.05) is 37.8 Å². The van der Waals surface area contributed by atoms with Gasteiger partial charge in [0.2, 0.25) is 0 Å². The summed E-state index contributed by atoms with van der Waals surface area (Å²) in [5.74, 6) is 2.03. The summed E-state index contributed by atoms with van der Waals surface area (Å²) in [6.45, 7) is 8.61. The zero-order valence-corrected chi connectivity index (χ0v) is 17.1. The van der Waals surface area contributed by atoms with Crippen LogP contribution < -0.4 is 9.47 Å². The smallest absolute Gasteiger partial charge is 0.254 e. The van der Waals surface area contributed by atoms with Crippen LogP contribution in [0, 0.1) is 5.92 Å². The van der Waals surface area contributed by atoms with Crippen molar-refractivity contribution in [1.29, 1.82) is 0 Å². The van der Waals surface area contributed by atoms with Crippen LogP contribution in [0.2, 0.25) is 0 Å². The molecule has 5 nitrogen and oxygen atoms in total. The number of rotatable bonds is 7. The molecule has 0 atom stereocenters. The number of carbonyl (C=O) groups is 1. The Bertz CT molecular complexity index is 618. The number of hydrogen-bond donors (Lipinski definition) is 0. The highest BCUT2D eigenvalue weighted by atomic mass is 16.5. The predicted octanol–water partition coefficient (Wildman–Crippen LogP) is 3.82. The Labute approximate surface area is 163 Å². The van der Waals surface area contributed by atoms with Gasteiger partial charge in [0.1, 0.15) is 0 Å². The van der Waals surface area contributed by atoms with Crippen molar-refractivity contribution in [3.8, 4) is 11.5 Å². The van der Waals surface area contributed by atoms with E-state index in [0.29, 0.717) is 29.6 Å². The molecule has 1 aromatic rings. The van der Waals surface area contributed by atoms with Gasteiger partial charge in [-0.3, -0.25) is 9.69 Å². The second-order valence-corrected chi connectivity index (χ2v) is 8.16. The van der Waals surface area contributed by atoms with Gasteiger partial charge < -0.3 is 14.4 Å². The van der Waals surface area contributed by atoms with E-state index in [1.807, 2.05) is 23.1 Å². The third-order valence-electron chi connectivity index (χ3n) is 5.81. The number of amides is 1. The van der Waals surface area contributed by atoms with Gasteiger partial charge in [-0.05, 0) is 43.4 Å². The van der Waals surface area contributed by atoms with E-state index in [-0.39, 0.29) is 5.91 Å². The fourth-order valence-corrected chi connectivity index (χ4v) is 4.07. The highest BCUT2D eigenvalue weighted by Crippen LogP contribution is 2.29. The summed E-state index contributed by atoms with van der Waals surface area (Å²) in [7, 11) is 1.62. The lowest BCUT2D eigenvalue weighted by Crippen LogP contribution is -2.51. The number of nitrogens with zero attached hydrogens (tertiary/aromatic N) is 2. The van der Waals surface area contributed by atoms with Crippen LogP contribution in [0.15, 0.2) is 18.2 Å². The normalized spacial score (nSPS) is 18.9. The molecular weight excluding hydrogens is 340 g/mol. The van der Waals surface area contributed by atoms with Crippen LogP contribution in [0.3, 0.4) is 0 Å². The average molecular weight is 375 g/mol. The molecule has 1 aliphatic carbocycles. The summed E-state index contributed by atoms with van der Waals surface area (Å²) >= 11 is 0. The fourth-order valence-electron chi connectivity index (χ4n) is 4.07. The maximum atomic E-state index is 12.9. The molecule has 150 valence electrons. The number of ether oxygens (including phenoxy) is 2. The second kappa shape index (κ2) is 9.45. The minimum absolute atomic E-state index is 0.0908. The Hall–Kier alpha value is -1.75. The summed E-state index contributed by atoms with van der Waals surface area (Å²) in [5, 5.41) is 0. The topological polar surface area (TPSA) is 42.0 Å². The lowest BCUT2D eigenvalue weighted by Gasteiger charge is -2.38. The quantitative estimate of drug-likeness (QED) is 0.728. The van der Waals surface area contributed by atoms with Crippen molar-refractivity contribution in [2.45, 2.75) is 52.0 Å². The van der Waals surface area contributed by atoms with Gasteiger partial charge >= 0.3 is 0 Å². The monoisotopic (exact) mass is 374 g/mol. The van der Waals surface area contributed by atoms with E-state index in [1.165, 1.54) is 25.7 Å². The molecule has 1 saturated heterocycles. The Morgan fingerprint density at radius 3 is 2.44 bits per heavy atom. The van der Waals surface area contributed by atoms with Crippen molar-refractivity contribution in [3.05, 3.63) is 23.8 Å². The number of benzene rings is 1. The Morgan fingerprint density at radius 2 is 1.81 bits per heavy atom. The number of methoxy groups -OCH3 is 1. The summed E-state index contributed by atoms with van der Waals surface area (Å²) in [6.07, 6.45) is 6.35. The van der Waals surface area contributed by atoms with Crippen molar-refractivity contribution in [2.75, 3.05) is 39.9 Å². The van der Waals surface area contributed by atoms with Crippen molar-refractivity contribution < 1.29 is 14.3 Å². The Kier molecular flexibility index (Phi) is 7.00. The van der Waals surface area contributed by atoms with Crippen LogP contribution in [-0.2, 0) is 0 Å². The van der Waals surface area contributed by atoms with Gasteiger partial charge in [-0.1, -0.05) is 26.7 Å². The molecule has 2 aliphatic rings. The van der Waals surface area contributed by atoms with Crippen LogP contribution in [0.1, 0.15) is 56.3 Å². The molecule has 2 fully saturated rings. The number of hydrogen-bond acceptors (Lipinski definition) is 4. The Balaban J connectivity index is 1.58. The summed E-state index contributed by atoms with van der Waals surface area (Å²) in [4.78, 5) is 17.5. The van der Waals surface area contributed by atoms with E-state index in [0.717, 1.165) is 38.6 Å². The average Bonchev–Trinajstić information content (AvgIpc) is 3.22. The van der Waals surface area contributed by atoms with Crippen LogP contribution >= 0.6 is 0 Å². The van der Waals surface area contributed by atoms with E-state index in [1.54, 1.807) is 7.11 Å². The maximum Gasteiger partial charge on any atom is 0.254 e. The molecule has 1 aromatic carbocycles. The molecular formula is C22H34N2O3. The maximum absolute atomic E-state index is 12.9. The van der Waals surface area contributed by atoms with Crippen molar-refractivity contribution in [1.82, 2.24) is 9.80 Å².